The van der Waals surface area contributed by atoms with Crippen LogP contribution in [0.25, 0.3) is 0 Å². The fourth-order valence-corrected chi connectivity index (χ4v) is 3.24. The third kappa shape index (κ3) is 3.52. The number of carbonyl (C=O) groups excluding carboxylic acids is 1. The molecule has 0 saturated heterocycles. The van der Waals surface area contributed by atoms with E-state index >= 15 is 0 Å². The van der Waals surface area contributed by atoms with Crippen molar-refractivity contribution in [3.05, 3.63) is 65.4 Å². The molecule has 0 unspecified atom stereocenters. The molecule has 0 aromatic heterocycles. The summed E-state index contributed by atoms with van der Waals surface area (Å²) in [5.74, 6) is 1.31. The molecular formula is C21H23NO4. The van der Waals surface area contributed by atoms with Gasteiger partial charge in [-0.15, -0.1) is 0 Å². The first-order valence-corrected chi connectivity index (χ1v) is 8.55. The van der Waals surface area contributed by atoms with E-state index in [2.05, 4.69) is 11.8 Å². The van der Waals surface area contributed by atoms with Gasteiger partial charge in [0.05, 0.1) is 20.3 Å². The molecule has 5 nitrogen and oxygen atoms in total. The van der Waals surface area contributed by atoms with Crippen LogP contribution < -0.4 is 9.47 Å². The number of ketones is 1. The zero-order chi connectivity index (χ0) is 18.7. The van der Waals surface area contributed by atoms with Gasteiger partial charge in [0.2, 0.25) is 0 Å². The molecule has 0 fully saturated rings. The highest BCUT2D eigenvalue weighted by molar-refractivity contribution is 6.04. The van der Waals surface area contributed by atoms with E-state index < -0.39 is 0 Å². The van der Waals surface area contributed by atoms with Crippen molar-refractivity contribution in [2.45, 2.75) is 19.4 Å². The third-order valence-electron chi connectivity index (χ3n) is 4.82. The van der Waals surface area contributed by atoms with Crippen molar-refractivity contribution in [3.63, 3.8) is 0 Å². The minimum atomic E-state index is -0.0473. The van der Waals surface area contributed by atoms with Crippen LogP contribution >= 0.6 is 0 Å². The Kier molecular flexibility index (Phi) is 5.16. The summed E-state index contributed by atoms with van der Waals surface area (Å²) in [4.78, 5) is 14.5. The molecule has 0 amide bonds. The summed E-state index contributed by atoms with van der Waals surface area (Å²) in [6.07, 6.45) is 4.25. The van der Waals surface area contributed by atoms with E-state index in [-0.39, 0.29) is 17.6 Å². The third-order valence-corrected chi connectivity index (χ3v) is 4.82. The molecule has 0 bridgehead atoms. The van der Waals surface area contributed by atoms with Gasteiger partial charge in [-0.25, -0.2) is 0 Å². The first-order valence-electron chi connectivity index (χ1n) is 8.55. The number of benzene rings is 2. The monoisotopic (exact) mass is 353 g/mol. The van der Waals surface area contributed by atoms with Crippen LogP contribution in [0.4, 0.5) is 0 Å². The molecule has 136 valence electrons. The topological polar surface area (TPSA) is 59.0 Å². The second kappa shape index (κ2) is 7.52. The van der Waals surface area contributed by atoms with Crippen molar-refractivity contribution >= 4 is 5.78 Å². The van der Waals surface area contributed by atoms with E-state index in [1.807, 2.05) is 12.3 Å². The fraction of sp³-hybridized carbons (Fsp3) is 0.286. The Hall–Kier alpha value is -2.95. The molecule has 2 aromatic carbocycles. The Morgan fingerprint density at radius 2 is 1.92 bits per heavy atom. The van der Waals surface area contributed by atoms with Gasteiger partial charge in [0.1, 0.15) is 5.75 Å². The summed E-state index contributed by atoms with van der Waals surface area (Å²) in [6, 6.07) is 10.8. The minimum Gasteiger partial charge on any atom is -0.504 e. The predicted octanol–water partition coefficient (Wildman–Crippen LogP) is 3.73. The van der Waals surface area contributed by atoms with Crippen LogP contribution in [0, 0.1) is 0 Å². The van der Waals surface area contributed by atoms with E-state index in [1.54, 1.807) is 50.6 Å². The molecular weight excluding hydrogens is 330 g/mol. The summed E-state index contributed by atoms with van der Waals surface area (Å²) in [7, 11) is 3.14. The van der Waals surface area contributed by atoms with Gasteiger partial charge in [-0.05, 0) is 60.9 Å². The molecule has 2 aromatic rings. The number of hydrogen-bond donors (Lipinski definition) is 1. The largest absolute Gasteiger partial charge is 0.504 e. The highest BCUT2D eigenvalue weighted by Gasteiger charge is 2.23. The van der Waals surface area contributed by atoms with Gasteiger partial charge < -0.3 is 19.5 Å². The van der Waals surface area contributed by atoms with Crippen molar-refractivity contribution < 1.29 is 19.4 Å². The van der Waals surface area contributed by atoms with Gasteiger partial charge in [0.15, 0.2) is 17.3 Å². The predicted molar refractivity (Wildman–Crippen MR) is 99.9 cm³/mol. The minimum absolute atomic E-state index is 0.0473. The lowest BCUT2D eigenvalue weighted by Crippen LogP contribution is -2.29. The number of allylic oxidation sites excluding steroid dienone is 1. The van der Waals surface area contributed by atoms with E-state index in [0.717, 1.165) is 29.8 Å². The number of fused-ring (bicyclic) bond motifs is 1. The van der Waals surface area contributed by atoms with Crippen molar-refractivity contribution in [2.75, 3.05) is 20.8 Å². The zero-order valence-electron chi connectivity index (χ0n) is 15.2. The number of methoxy groups -OCH3 is 2. The summed E-state index contributed by atoms with van der Waals surface area (Å²) in [6.45, 7) is 2.86. The van der Waals surface area contributed by atoms with Crippen LogP contribution in [0.1, 0.15) is 34.5 Å². The van der Waals surface area contributed by atoms with Crippen LogP contribution in [0.2, 0.25) is 0 Å². The highest BCUT2D eigenvalue weighted by Crippen LogP contribution is 2.37. The van der Waals surface area contributed by atoms with E-state index in [4.69, 9.17) is 9.47 Å². The molecule has 3 rings (SSSR count). The average Bonchev–Trinajstić information content (AvgIpc) is 2.67. The summed E-state index contributed by atoms with van der Waals surface area (Å²) in [5, 5.41) is 9.95. The number of ether oxygens (including phenoxy) is 2. The summed E-state index contributed by atoms with van der Waals surface area (Å²) in [5.41, 5.74) is 2.84. The number of carbonyl (C=O) groups is 1. The van der Waals surface area contributed by atoms with Crippen LogP contribution in [-0.2, 0) is 6.42 Å². The second-order valence-electron chi connectivity index (χ2n) is 6.30. The maximum atomic E-state index is 12.4. The first-order chi connectivity index (χ1) is 12.5. The molecule has 1 aliphatic heterocycles. The van der Waals surface area contributed by atoms with Gasteiger partial charge in [-0.2, -0.15) is 0 Å². The molecule has 0 aliphatic carbocycles. The molecule has 0 saturated carbocycles. The average molecular weight is 353 g/mol. The molecule has 0 radical (unpaired) electrons. The van der Waals surface area contributed by atoms with Gasteiger partial charge in [-0.3, -0.25) is 4.79 Å². The van der Waals surface area contributed by atoms with Gasteiger partial charge in [0.25, 0.3) is 0 Å². The van der Waals surface area contributed by atoms with E-state index in [1.165, 1.54) is 0 Å². The number of nitrogens with zero attached hydrogens (tertiary/aromatic N) is 1. The summed E-state index contributed by atoms with van der Waals surface area (Å²) < 4.78 is 10.3. The summed E-state index contributed by atoms with van der Waals surface area (Å²) >= 11 is 0. The van der Waals surface area contributed by atoms with Crippen molar-refractivity contribution in [1.29, 1.82) is 0 Å². The Balaban J connectivity index is 1.76. The van der Waals surface area contributed by atoms with E-state index in [9.17, 15) is 9.90 Å². The fourth-order valence-electron chi connectivity index (χ4n) is 3.24. The SMILES string of the molecule is COc1ccc(C(=O)C=CN2CCc3cc(O)c(OC)cc3[C@@H]2C)cc1. The molecule has 1 heterocycles. The molecule has 0 spiro atoms. The molecule has 1 atom stereocenters. The van der Waals surface area contributed by atoms with Gasteiger partial charge in [0, 0.05) is 24.4 Å². The quantitative estimate of drug-likeness (QED) is 0.656. The number of hydrogen-bond acceptors (Lipinski definition) is 5. The van der Waals surface area contributed by atoms with Crippen LogP contribution in [0.3, 0.4) is 0 Å². The van der Waals surface area contributed by atoms with Crippen LogP contribution in [0.15, 0.2) is 48.7 Å². The standard InChI is InChI=1S/C21H23NO4/c1-14-18-13-21(26-3)20(24)12-16(18)8-10-22(14)11-9-19(23)15-4-6-17(25-2)7-5-15/h4-7,9,11-14,24H,8,10H2,1-3H3/t14-/m0/s1. The Bertz CT molecular complexity index is 827. The van der Waals surface area contributed by atoms with Crippen molar-refractivity contribution in [1.82, 2.24) is 4.90 Å². The first kappa shape index (κ1) is 17.9. The van der Waals surface area contributed by atoms with Gasteiger partial charge in [-0.1, -0.05) is 0 Å². The molecule has 26 heavy (non-hydrogen) atoms. The molecule has 5 heteroatoms. The van der Waals surface area contributed by atoms with Gasteiger partial charge >= 0.3 is 0 Å². The Morgan fingerprint density at radius 3 is 2.58 bits per heavy atom. The lowest BCUT2D eigenvalue weighted by Gasteiger charge is -2.34. The van der Waals surface area contributed by atoms with Crippen LogP contribution in [-0.4, -0.2) is 36.6 Å². The maximum absolute atomic E-state index is 12.4. The number of phenols is 1. The Labute approximate surface area is 153 Å². The van der Waals surface area contributed by atoms with Crippen molar-refractivity contribution in [2.24, 2.45) is 0 Å². The zero-order valence-corrected chi connectivity index (χ0v) is 15.2. The maximum Gasteiger partial charge on any atom is 0.187 e. The molecule has 1 N–H and O–H groups in total. The Morgan fingerprint density at radius 1 is 1.19 bits per heavy atom. The number of rotatable bonds is 5. The normalized spacial score (nSPS) is 16.4. The van der Waals surface area contributed by atoms with Crippen molar-refractivity contribution in [3.8, 4) is 17.2 Å². The van der Waals surface area contributed by atoms with Crippen LogP contribution in [0.5, 0.6) is 17.2 Å². The van der Waals surface area contributed by atoms with E-state index in [0.29, 0.717) is 11.3 Å². The smallest absolute Gasteiger partial charge is 0.187 e. The highest BCUT2D eigenvalue weighted by atomic mass is 16.5. The number of aromatic hydroxyl groups is 1. The molecule has 1 aliphatic rings. The second-order valence-corrected chi connectivity index (χ2v) is 6.30. The number of phenolic OH excluding ortho intramolecular Hbond substituents is 1. The lowest BCUT2D eigenvalue weighted by molar-refractivity contribution is 0.104. The lowest BCUT2D eigenvalue weighted by atomic mass is 9.93.